The summed E-state index contributed by atoms with van der Waals surface area (Å²) in [4.78, 5) is 11.4. The first kappa shape index (κ1) is 8.80. The maximum absolute atomic E-state index is 11.4. The van der Waals surface area contributed by atoms with Crippen LogP contribution < -0.4 is 5.32 Å². The first-order valence-corrected chi connectivity index (χ1v) is 5.06. The van der Waals surface area contributed by atoms with Gasteiger partial charge in [-0.2, -0.15) is 0 Å². The lowest BCUT2D eigenvalue weighted by molar-refractivity contribution is 0.242. The Morgan fingerprint density at radius 3 is 3.00 bits per heavy atom. The highest BCUT2D eigenvalue weighted by molar-refractivity contribution is 14.1. The Labute approximate surface area is 90.6 Å². The van der Waals surface area contributed by atoms with Crippen molar-refractivity contribution in [2.24, 2.45) is 0 Å². The Bertz CT molecular complexity index is 340. The number of para-hydroxylation sites is 1. The molecule has 68 valence electrons. The average molecular weight is 288 g/mol. The summed E-state index contributed by atoms with van der Waals surface area (Å²) in [6, 6.07) is 7.87. The van der Waals surface area contributed by atoms with Gasteiger partial charge in [0.2, 0.25) is 0 Å². The fraction of sp³-hybridized carbons (Fsp3) is 0.222. The van der Waals surface area contributed by atoms with Gasteiger partial charge in [0.25, 0.3) is 0 Å². The second kappa shape index (κ2) is 3.53. The van der Waals surface area contributed by atoms with Crippen LogP contribution in [0.25, 0.3) is 0 Å². The Kier molecular flexibility index (Phi) is 2.39. The molecule has 1 aromatic rings. The van der Waals surface area contributed by atoms with Crippen molar-refractivity contribution >= 4 is 34.6 Å². The lowest BCUT2D eigenvalue weighted by Crippen LogP contribution is -2.25. The van der Waals surface area contributed by atoms with Crippen LogP contribution in [-0.2, 0) is 6.42 Å². The van der Waals surface area contributed by atoms with Crippen LogP contribution in [0.3, 0.4) is 0 Å². The predicted molar refractivity (Wildman–Crippen MR) is 59.9 cm³/mol. The highest BCUT2D eigenvalue weighted by Crippen LogP contribution is 2.20. The van der Waals surface area contributed by atoms with Crippen LogP contribution in [-0.4, -0.2) is 15.7 Å². The van der Waals surface area contributed by atoms with Crippen molar-refractivity contribution in [1.82, 2.24) is 3.11 Å². The number of hydrogen-bond acceptors (Lipinski definition) is 1. The second-order valence-electron chi connectivity index (χ2n) is 2.92. The lowest BCUT2D eigenvalue weighted by atomic mass is 10.1. The normalized spacial score (nSPS) is 16.1. The minimum absolute atomic E-state index is 0.0365. The molecule has 1 heterocycles. The summed E-state index contributed by atoms with van der Waals surface area (Å²) in [5, 5.41) is 2.85. The molecule has 0 fully saturated rings. The topological polar surface area (TPSA) is 32.3 Å². The first-order chi connectivity index (χ1) is 6.27. The number of amides is 2. The molecular weight excluding hydrogens is 279 g/mol. The van der Waals surface area contributed by atoms with Gasteiger partial charge in [0.15, 0.2) is 0 Å². The first-order valence-electron chi connectivity index (χ1n) is 4.09. The molecule has 0 saturated heterocycles. The molecule has 0 spiro atoms. The van der Waals surface area contributed by atoms with Crippen LogP contribution in [0.2, 0.25) is 0 Å². The average Bonchev–Trinajstić information content (AvgIpc) is 2.28. The van der Waals surface area contributed by atoms with Crippen molar-refractivity contribution in [2.45, 2.75) is 6.42 Å². The van der Waals surface area contributed by atoms with Crippen molar-refractivity contribution in [3.63, 3.8) is 0 Å². The van der Waals surface area contributed by atoms with Crippen molar-refractivity contribution in [3.05, 3.63) is 29.8 Å². The molecular formula is C9H9IN2O. The predicted octanol–water partition coefficient (Wildman–Crippen LogP) is 2.43. The largest absolute Gasteiger partial charge is 0.330 e. The molecule has 0 saturated carbocycles. The summed E-state index contributed by atoms with van der Waals surface area (Å²) >= 11 is 2.03. The van der Waals surface area contributed by atoms with E-state index in [0.29, 0.717) is 0 Å². The smallest absolute Gasteiger partial charge is 0.307 e. The summed E-state index contributed by atoms with van der Waals surface area (Å²) in [5.74, 6) is 0. The van der Waals surface area contributed by atoms with E-state index < -0.39 is 0 Å². The summed E-state index contributed by atoms with van der Waals surface area (Å²) < 4.78 is 1.66. The lowest BCUT2D eigenvalue weighted by Gasteiger charge is -2.09. The zero-order valence-electron chi connectivity index (χ0n) is 6.96. The van der Waals surface area contributed by atoms with E-state index in [0.717, 1.165) is 18.7 Å². The minimum Gasteiger partial charge on any atom is -0.307 e. The Balaban J connectivity index is 2.35. The third-order valence-electron chi connectivity index (χ3n) is 2.06. The van der Waals surface area contributed by atoms with E-state index in [4.69, 9.17) is 0 Å². The van der Waals surface area contributed by atoms with Crippen LogP contribution >= 0.6 is 22.9 Å². The van der Waals surface area contributed by atoms with Crippen molar-refractivity contribution in [3.8, 4) is 0 Å². The molecule has 0 unspecified atom stereocenters. The molecule has 4 heteroatoms. The Hall–Kier alpha value is -0.780. The number of carbonyl (C=O) groups excluding carboxylic acids is 1. The standard InChI is InChI=1S/C9H9IN2O/c10-12-6-5-7-3-1-2-4-8(7)11-9(12)13/h1-4H,5-6H2,(H,11,13). The van der Waals surface area contributed by atoms with Crippen molar-refractivity contribution < 1.29 is 4.79 Å². The second-order valence-corrected chi connectivity index (χ2v) is 4.09. The molecule has 0 bridgehead atoms. The van der Waals surface area contributed by atoms with E-state index in [1.807, 2.05) is 47.1 Å². The van der Waals surface area contributed by atoms with Gasteiger partial charge in [0.1, 0.15) is 0 Å². The molecule has 0 aromatic heterocycles. The van der Waals surface area contributed by atoms with Gasteiger partial charge in [-0.3, -0.25) is 3.11 Å². The molecule has 1 N–H and O–H groups in total. The number of nitrogens with zero attached hydrogens (tertiary/aromatic N) is 1. The molecule has 0 radical (unpaired) electrons. The van der Waals surface area contributed by atoms with Gasteiger partial charge in [-0.1, -0.05) is 18.2 Å². The minimum atomic E-state index is -0.0365. The number of anilines is 1. The van der Waals surface area contributed by atoms with Gasteiger partial charge in [-0.05, 0) is 18.1 Å². The van der Waals surface area contributed by atoms with Crippen molar-refractivity contribution in [2.75, 3.05) is 11.9 Å². The molecule has 1 aliphatic heterocycles. The number of hydrogen-bond donors (Lipinski definition) is 1. The molecule has 1 aliphatic rings. The third-order valence-corrected chi connectivity index (χ3v) is 2.98. The van der Waals surface area contributed by atoms with Crippen LogP contribution in [0.5, 0.6) is 0 Å². The molecule has 1 aromatic carbocycles. The number of urea groups is 1. The molecule has 2 rings (SSSR count). The zero-order valence-corrected chi connectivity index (χ0v) is 9.11. The van der Waals surface area contributed by atoms with Gasteiger partial charge in [-0.15, -0.1) is 0 Å². The molecule has 13 heavy (non-hydrogen) atoms. The molecule has 0 atom stereocenters. The van der Waals surface area contributed by atoms with Crippen molar-refractivity contribution in [1.29, 1.82) is 0 Å². The number of benzene rings is 1. The highest BCUT2D eigenvalue weighted by atomic mass is 127. The summed E-state index contributed by atoms with van der Waals surface area (Å²) in [5.41, 5.74) is 2.14. The fourth-order valence-electron chi connectivity index (χ4n) is 1.36. The number of rotatable bonds is 0. The van der Waals surface area contributed by atoms with E-state index in [1.54, 1.807) is 3.11 Å². The maximum atomic E-state index is 11.4. The molecule has 0 aliphatic carbocycles. The Morgan fingerprint density at radius 1 is 1.38 bits per heavy atom. The fourth-order valence-corrected chi connectivity index (χ4v) is 1.72. The third kappa shape index (κ3) is 1.77. The van der Waals surface area contributed by atoms with Crippen LogP contribution in [0.15, 0.2) is 24.3 Å². The van der Waals surface area contributed by atoms with E-state index in [9.17, 15) is 4.79 Å². The number of carbonyl (C=O) groups is 1. The van der Waals surface area contributed by atoms with Crippen LogP contribution in [0.1, 0.15) is 5.56 Å². The summed E-state index contributed by atoms with van der Waals surface area (Å²) in [6.45, 7) is 0.767. The number of fused-ring (bicyclic) bond motifs is 1. The van der Waals surface area contributed by atoms with Gasteiger partial charge < -0.3 is 5.32 Å². The monoisotopic (exact) mass is 288 g/mol. The SMILES string of the molecule is O=C1Nc2ccccc2CCN1I. The number of nitrogens with one attached hydrogen (secondary N) is 1. The van der Waals surface area contributed by atoms with E-state index in [-0.39, 0.29) is 6.03 Å². The van der Waals surface area contributed by atoms with Gasteiger partial charge in [0.05, 0.1) is 22.9 Å². The zero-order chi connectivity index (χ0) is 9.26. The van der Waals surface area contributed by atoms with Gasteiger partial charge >= 0.3 is 6.03 Å². The number of halogens is 1. The molecule has 2 amide bonds. The van der Waals surface area contributed by atoms with E-state index >= 15 is 0 Å². The van der Waals surface area contributed by atoms with Gasteiger partial charge in [-0.25, -0.2) is 4.79 Å². The summed E-state index contributed by atoms with van der Waals surface area (Å²) in [6.07, 6.45) is 0.915. The maximum Gasteiger partial charge on any atom is 0.330 e. The van der Waals surface area contributed by atoms with E-state index in [2.05, 4.69) is 5.32 Å². The van der Waals surface area contributed by atoms with Crippen LogP contribution in [0.4, 0.5) is 10.5 Å². The van der Waals surface area contributed by atoms with Crippen LogP contribution in [0, 0.1) is 0 Å². The van der Waals surface area contributed by atoms with Gasteiger partial charge in [0, 0.05) is 12.2 Å². The highest BCUT2D eigenvalue weighted by Gasteiger charge is 2.16. The Morgan fingerprint density at radius 2 is 2.15 bits per heavy atom. The summed E-state index contributed by atoms with van der Waals surface area (Å²) in [7, 11) is 0. The molecule has 3 nitrogen and oxygen atoms in total. The quantitative estimate of drug-likeness (QED) is 0.577. The van der Waals surface area contributed by atoms with E-state index in [1.165, 1.54) is 5.56 Å².